The fourth-order valence-corrected chi connectivity index (χ4v) is 3.33. The summed E-state index contributed by atoms with van der Waals surface area (Å²) in [6.45, 7) is 2.07. The van der Waals surface area contributed by atoms with Crippen molar-refractivity contribution in [1.29, 1.82) is 0 Å². The molecule has 1 fully saturated rings. The molecule has 1 aliphatic rings. The molecule has 5 heteroatoms. The van der Waals surface area contributed by atoms with Gasteiger partial charge >= 0.3 is 6.03 Å². The van der Waals surface area contributed by atoms with E-state index in [-0.39, 0.29) is 24.2 Å². The molecule has 4 nitrogen and oxygen atoms in total. The van der Waals surface area contributed by atoms with E-state index in [1.807, 2.05) is 11.4 Å². The van der Waals surface area contributed by atoms with E-state index < -0.39 is 0 Å². The minimum Gasteiger partial charge on any atom is -0.393 e. The lowest BCUT2D eigenvalue weighted by Crippen LogP contribution is -2.45. The molecule has 1 aromatic rings. The van der Waals surface area contributed by atoms with E-state index in [4.69, 9.17) is 0 Å². The average molecular weight is 282 g/mol. The van der Waals surface area contributed by atoms with Crippen molar-refractivity contribution in [2.45, 2.75) is 57.2 Å². The number of rotatable bonds is 4. The Bertz CT molecular complexity index is 386. The Balaban J connectivity index is 1.80. The van der Waals surface area contributed by atoms with E-state index in [9.17, 15) is 9.90 Å². The van der Waals surface area contributed by atoms with Gasteiger partial charge in [-0.1, -0.05) is 13.0 Å². The van der Waals surface area contributed by atoms with E-state index in [1.165, 1.54) is 4.88 Å². The molecule has 1 aliphatic carbocycles. The highest BCUT2D eigenvalue weighted by Crippen LogP contribution is 2.22. The van der Waals surface area contributed by atoms with Gasteiger partial charge in [0.1, 0.15) is 0 Å². The van der Waals surface area contributed by atoms with Crippen LogP contribution in [0.2, 0.25) is 0 Å². The molecular formula is C14H22N2O2S. The normalized spacial score (nSPS) is 24.7. The Morgan fingerprint density at radius 3 is 2.79 bits per heavy atom. The lowest BCUT2D eigenvalue weighted by atomic mass is 9.93. The average Bonchev–Trinajstić information content (AvgIpc) is 2.92. The molecule has 1 atom stereocenters. The Kier molecular flexibility index (Phi) is 5.22. The zero-order valence-corrected chi connectivity index (χ0v) is 12.1. The van der Waals surface area contributed by atoms with Crippen LogP contribution in [0.25, 0.3) is 0 Å². The Morgan fingerprint density at radius 2 is 2.21 bits per heavy atom. The number of thiophene rings is 1. The topological polar surface area (TPSA) is 61.4 Å². The second-order valence-electron chi connectivity index (χ2n) is 5.10. The molecule has 0 aliphatic heterocycles. The predicted molar refractivity (Wildman–Crippen MR) is 77.3 cm³/mol. The summed E-state index contributed by atoms with van der Waals surface area (Å²) < 4.78 is 0. The first-order valence-electron chi connectivity index (χ1n) is 6.97. The molecule has 0 spiro atoms. The van der Waals surface area contributed by atoms with E-state index in [0.717, 1.165) is 32.1 Å². The third-order valence-corrected chi connectivity index (χ3v) is 4.62. The van der Waals surface area contributed by atoms with Gasteiger partial charge in [0.05, 0.1) is 12.1 Å². The maximum atomic E-state index is 12.0. The summed E-state index contributed by atoms with van der Waals surface area (Å²) in [5.41, 5.74) is 0. The monoisotopic (exact) mass is 282 g/mol. The van der Waals surface area contributed by atoms with E-state index in [1.54, 1.807) is 11.3 Å². The number of aliphatic hydroxyl groups is 1. The summed E-state index contributed by atoms with van der Waals surface area (Å²) in [5.74, 6) is 0. The zero-order valence-electron chi connectivity index (χ0n) is 11.3. The van der Waals surface area contributed by atoms with Crippen molar-refractivity contribution in [2.75, 3.05) is 0 Å². The molecule has 0 radical (unpaired) electrons. The predicted octanol–water partition coefficient (Wildman–Crippen LogP) is 2.80. The van der Waals surface area contributed by atoms with Gasteiger partial charge < -0.3 is 15.7 Å². The standard InChI is InChI=1S/C14H22N2O2S/c1-2-12(13-4-3-9-19-13)16-14(18)15-10-5-7-11(17)8-6-10/h3-4,9-12,17H,2,5-8H2,1H3,(H2,15,16,18). The number of nitrogens with one attached hydrogen (secondary N) is 2. The van der Waals surface area contributed by atoms with E-state index >= 15 is 0 Å². The van der Waals surface area contributed by atoms with Crippen LogP contribution in [0.1, 0.15) is 49.9 Å². The van der Waals surface area contributed by atoms with Crippen LogP contribution in [-0.4, -0.2) is 23.3 Å². The van der Waals surface area contributed by atoms with Gasteiger partial charge in [0.2, 0.25) is 0 Å². The summed E-state index contributed by atoms with van der Waals surface area (Å²) in [6.07, 6.45) is 4.00. The van der Waals surface area contributed by atoms with Crippen LogP contribution in [0.5, 0.6) is 0 Å². The van der Waals surface area contributed by atoms with Crippen molar-refractivity contribution in [1.82, 2.24) is 10.6 Å². The highest BCUT2D eigenvalue weighted by atomic mass is 32.1. The lowest BCUT2D eigenvalue weighted by Gasteiger charge is -2.27. The van der Waals surface area contributed by atoms with Gasteiger partial charge in [0, 0.05) is 10.9 Å². The maximum Gasteiger partial charge on any atom is 0.315 e. The first-order valence-corrected chi connectivity index (χ1v) is 7.85. The van der Waals surface area contributed by atoms with Gasteiger partial charge in [-0.15, -0.1) is 11.3 Å². The number of carbonyl (C=O) groups is 1. The summed E-state index contributed by atoms with van der Waals surface area (Å²) in [7, 11) is 0. The van der Waals surface area contributed by atoms with Crippen molar-refractivity contribution < 1.29 is 9.90 Å². The molecule has 1 unspecified atom stereocenters. The Labute approximate surface area is 118 Å². The number of hydrogen-bond acceptors (Lipinski definition) is 3. The fourth-order valence-electron chi connectivity index (χ4n) is 2.47. The van der Waals surface area contributed by atoms with Gasteiger partial charge in [-0.2, -0.15) is 0 Å². The lowest BCUT2D eigenvalue weighted by molar-refractivity contribution is 0.117. The zero-order chi connectivity index (χ0) is 13.7. The molecule has 2 amide bonds. The number of aliphatic hydroxyl groups excluding tert-OH is 1. The van der Waals surface area contributed by atoms with Crippen LogP contribution in [-0.2, 0) is 0 Å². The largest absolute Gasteiger partial charge is 0.393 e. The molecule has 2 rings (SSSR count). The number of hydrogen-bond donors (Lipinski definition) is 3. The molecule has 106 valence electrons. The van der Waals surface area contributed by atoms with Crippen LogP contribution in [0.15, 0.2) is 17.5 Å². The summed E-state index contributed by atoms with van der Waals surface area (Å²) >= 11 is 1.67. The van der Waals surface area contributed by atoms with Gasteiger partial charge in [-0.3, -0.25) is 0 Å². The quantitative estimate of drug-likeness (QED) is 0.795. The van der Waals surface area contributed by atoms with Crippen LogP contribution in [0, 0.1) is 0 Å². The molecular weight excluding hydrogens is 260 g/mol. The van der Waals surface area contributed by atoms with Crippen molar-refractivity contribution in [3.05, 3.63) is 22.4 Å². The van der Waals surface area contributed by atoms with Gasteiger partial charge in [-0.05, 0) is 43.6 Å². The molecule has 0 aromatic carbocycles. The molecule has 3 N–H and O–H groups in total. The molecule has 1 heterocycles. The van der Waals surface area contributed by atoms with Crippen LogP contribution in [0.4, 0.5) is 4.79 Å². The molecule has 0 saturated heterocycles. The highest BCUT2D eigenvalue weighted by molar-refractivity contribution is 7.10. The first-order chi connectivity index (χ1) is 9.19. The Hall–Kier alpha value is -1.07. The minimum atomic E-state index is -0.185. The fraction of sp³-hybridized carbons (Fsp3) is 0.643. The highest BCUT2D eigenvalue weighted by Gasteiger charge is 2.21. The minimum absolute atomic E-state index is 0.0918. The second kappa shape index (κ2) is 6.91. The third-order valence-electron chi connectivity index (χ3n) is 3.63. The maximum absolute atomic E-state index is 12.0. The van der Waals surface area contributed by atoms with Gasteiger partial charge in [0.15, 0.2) is 0 Å². The third kappa shape index (κ3) is 4.21. The molecule has 19 heavy (non-hydrogen) atoms. The van der Waals surface area contributed by atoms with Gasteiger partial charge in [0.25, 0.3) is 0 Å². The van der Waals surface area contributed by atoms with Crippen molar-refractivity contribution in [3.8, 4) is 0 Å². The van der Waals surface area contributed by atoms with E-state index in [2.05, 4.69) is 23.6 Å². The van der Waals surface area contributed by atoms with Crippen LogP contribution >= 0.6 is 11.3 Å². The summed E-state index contributed by atoms with van der Waals surface area (Å²) in [6, 6.07) is 4.25. The smallest absolute Gasteiger partial charge is 0.315 e. The van der Waals surface area contributed by atoms with Crippen LogP contribution < -0.4 is 10.6 Å². The van der Waals surface area contributed by atoms with Crippen molar-refractivity contribution in [3.63, 3.8) is 0 Å². The summed E-state index contributed by atoms with van der Waals surface area (Å²) in [5, 5.41) is 17.5. The first kappa shape index (κ1) is 14.3. The van der Waals surface area contributed by atoms with E-state index in [0.29, 0.717) is 0 Å². The Morgan fingerprint density at radius 1 is 1.47 bits per heavy atom. The van der Waals surface area contributed by atoms with Crippen molar-refractivity contribution in [2.24, 2.45) is 0 Å². The SMILES string of the molecule is CCC(NC(=O)NC1CCC(O)CC1)c1cccs1. The summed E-state index contributed by atoms with van der Waals surface area (Å²) in [4.78, 5) is 13.2. The number of carbonyl (C=O) groups excluding carboxylic acids is 1. The van der Waals surface area contributed by atoms with Crippen molar-refractivity contribution >= 4 is 17.4 Å². The van der Waals surface area contributed by atoms with Crippen LogP contribution in [0.3, 0.4) is 0 Å². The number of urea groups is 1. The number of amides is 2. The molecule has 0 bridgehead atoms. The molecule has 1 aromatic heterocycles. The second-order valence-corrected chi connectivity index (χ2v) is 6.08. The molecule has 1 saturated carbocycles. The van der Waals surface area contributed by atoms with Gasteiger partial charge in [-0.25, -0.2) is 4.79 Å².